The fraction of sp³-hybridized carbons (Fsp3) is 0.360. The number of nitrogens with zero attached hydrogens (tertiary/aromatic N) is 1. The van der Waals surface area contributed by atoms with Gasteiger partial charge in [-0.3, -0.25) is 9.52 Å². The van der Waals surface area contributed by atoms with Crippen LogP contribution in [0.25, 0.3) is 5.57 Å². The highest BCUT2D eigenvalue weighted by Crippen LogP contribution is 2.47. The number of sulfonamides is 1. The minimum Gasteiger partial charge on any atom is -0.494 e. The Bertz CT molecular complexity index is 1360. The molecule has 2 aromatic rings. The van der Waals surface area contributed by atoms with E-state index in [1.54, 1.807) is 36.4 Å². The number of nitrogens with one attached hydrogen (secondary N) is 2. The number of aryl methyl sites for hydroxylation is 1. The van der Waals surface area contributed by atoms with Gasteiger partial charge in [0.2, 0.25) is 10.0 Å². The van der Waals surface area contributed by atoms with Crippen molar-refractivity contribution in [2.75, 3.05) is 17.6 Å². The molecule has 1 aliphatic carbocycles. The smallest absolute Gasteiger partial charge is 0.389 e. The van der Waals surface area contributed by atoms with E-state index in [0.717, 1.165) is 17.4 Å². The van der Waals surface area contributed by atoms with Gasteiger partial charge in [-0.25, -0.2) is 8.42 Å². The Balaban J connectivity index is 1.57. The van der Waals surface area contributed by atoms with Gasteiger partial charge in [0, 0.05) is 18.5 Å². The highest BCUT2D eigenvalue weighted by atomic mass is 32.2. The van der Waals surface area contributed by atoms with Crippen LogP contribution < -0.4 is 14.8 Å². The number of hydrogen-bond donors (Lipinski definition) is 2. The second-order valence-electron chi connectivity index (χ2n) is 9.02. The SMILES string of the molecule is CS(=O)(=O)Nc1ccc(C2=C(C#N)C(=O)N[C@@]3(CCc4cc(OCCCC(F)(F)F)ccc43)C2)cc1. The van der Waals surface area contributed by atoms with Crippen molar-refractivity contribution < 1.29 is 31.1 Å². The second-order valence-corrected chi connectivity index (χ2v) is 10.8. The lowest BCUT2D eigenvalue weighted by atomic mass is 9.78. The van der Waals surface area contributed by atoms with E-state index in [1.165, 1.54) is 0 Å². The number of carbonyl (C=O) groups is 1. The van der Waals surface area contributed by atoms with Gasteiger partial charge in [-0.05, 0) is 65.8 Å². The first-order valence-corrected chi connectivity index (χ1v) is 13.2. The van der Waals surface area contributed by atoms with Crippen molar-refractivity contribution in [3.05, 3.63) is 64.7 Å². The quantitative estimate of drug-likeness (QED) is 0.527. The van der Waals surface area contributed by atoms with Gasteiger partial charge >= 0.3 is 6.18 Å². The molecule has 2 aliphatic rings. The summed E-state index contributed by atoms with van der Waals surface area (Å²) in [5, 5.41) is 12.7. The molecule has 0 saturated heterocycles. The van der Waals surface area contributed by atoms with Gasteiger partial charge < -0.3 is 10.1 Å². The molecular formula is C25H24F3N3O4S. The number of halogens is 3. The molecule has 2 aromatic carbocycles. The van der Waals surface area contributed by atoms with E-state index in [0.29, 0.717) is 41.8 Å². The first-order valence-electron chi connectivity index (χ1n) is 11.3. The average Bonchev–Trinajstić information content (AvgIpc) is 3.12. The Kier molecular flexibility index (Phi) is 6.75. The summed E-state index contributed by atoms with van der Waals surface area (Å²) in [6.07, 6.45) is -2.64. The summed E-state index contributed by atoms with van der Waals surface area (Å²) >= 11 is 0. The van der Waals surface area contributed by atoms with E-state index in [4.69, 9.17) is 4.74 Å². The third kappa shape index (κ3) is 5.65. The maximum atomic E-state index is 13.0. The molecule has 1 spiro atoms. The molecule has 0 bridgehead atoms. The van der Waals surface area contributed by atoms with Crippen LogP contribution in [-0.4, -0.2) is 33.4 Å². The van der Waals surface area contributed by atoms with E-state index >= 15 is 0 Å². The predicted octanol–water partition coefficient (Wildman–Crippen LogP) is 4.42. The lowest BCUT2D eigenvalue weighted by molar-refractivity contribution is -0.136. The summed E-state index contributed by atoms with van der Waals surface area (Å²) in [7, 11) is -3.45. The number of anilines is 1. The Labute approximate surface area is 207 Å². The zero-order valence-corrected chi connectivity index (χ0v) is 20.2. The number of hydrogen-bond acceptors (Lipinski definition) is 5. The lowest BCUT2D eigenvalue weighted by Crippen LogP contribution is -2.48. The predicted molar refractivity (Wildman–Crippen MR) is 127 cm³/mol. The van der Waals surface area contributed by atoms with Gasteiger partial charge in [0.15, 0.2) is 0 Å². The molecule has 0 aromatic heterocycles. The number of fused-ring (bicyclic) bond motifs is 2. The number of ether oxygens (including phenoxy) is 1. The Morgan fingerprint density at radius 3 is 2.56 bits per heavy atom. The number of alkyl halides is 3. The van der Waals surface area contributed by atoms with Gasteiger partial charge in [-0.1, -0.05) is 18.2 Å². The van der Waals surface area contributed by atoms with Gasteiger partial charge in [-0.2, -0.15) is 18.4 Å². The van der Waals surface area contributed by atoms with Gasteiger partial charge in [-0.15, -0.1) is 0 Å². The lowest BCUT2D eigenvalue weighted by Gasteiger charge is -2.37. The van der Waals surface area contributed by atoms with Crippen LogP contribution in [-0.2, 0) is 26.8 Å². The zero-order chi connectivity index (χ0) is 26.1. The first kappa shape index (κ1) is 25.6. The van der Waals surface area contributed by atoms with Gasteiger partial charge in [0.25, 0.3) is 5.91 Å². The van der Waals surface area contributed by atoms with E-state index in [1.807, 2.05) is 12.1 Å². The van der Waals surface area contributed by atoms with E-state index < -0.39 is 34.1 Å². The molecule has 190 valence electrons. The Morgan fingerprint density at radius 1 is 1.19 bits per heavy atom. The van der Waals surface area contributed by atoms with Gasteiger partial charge in [0.05, 0.1) is 18.4 Å². The van der Waals surface area contributed by atoms with Crippen molar-refractivity contribution in [2.45, 2.75) is 43.8 Å². The largest absolute Gasteiger partial charge is 0.494 e. The fourth-order valence-electron chi connectivity index (χ4n) is 4.76. The Hall–Kier alpha value is -3.52. The normalized spacial score (nSPS) is 19.6. The number of rotatable bonds is 7. The summed E-state index contributed by atoms with van der Waals surface area (Å²) in [5.74, 6) is -0.0185. The molecular weight excluding hydrogens is 495 g/mol. The molecule has 1 atom stereocenters. The van der Waals surface area contributed by atoms with E-state index in [-0.39, 0.29) is 18.6 Å². The molecule has 36 heavy (non-hydrogen) atoms. The monoisotopic (exact) mass is 519 g/mol. The van der Waals surface area contributed by atoms with Crippen LogP contribution in [0, 0.1) is 11.3 Å². The van der Waals surface area contributed by atoms with Crippen molar-refractivity contribution in [3.63, 3.8) is 0 Å². The minimum atomic E-state index is -4.22. The molecule has 1 aliphatic heterocycles. The Morgan fingerprint density at radius 2 is 1.92 bits per heavy atom. The van der Waals surface area contributed by atoms with Crippen molar-refractivity contribution in [1.82, 2.24) is 5.32 Å². The van der Waals surface area contributed by atoms with E-state index in [9.17, 15) is 31.6 Å². The van der Waals surface area contributed by atoms with Crippen molar-refractivity contribution >= 4 is 27.2 Å². The molecule has 4 rings (SSSR count). The van der Waals surface area contributed by atoms with Crippen LogP contribution in [0.2, 0.25) is 0 Å². The third-order valence-corrected chi connectivity index (χ3v) is 6.90. The number of amides is 1. The third-order valence-electron chi connectivity index (χ3n) is 6.30. The number of benzene rings is 2. The van der Waals surface area contributed by atoms with Crippen LogP contribution in [0.4, 0.5) is 18.9 Å². The average molecular weight is 520 g/mol. The summed E-state index contributed by atoms with van der Waals surface area (Å²) in [6.45, 7) is -0.0528. The summed E-state index contributed by atoms with van der Waals surface area (Å²) < 4.78 is 67.9. The molecule has 1 amide bonds. The first-order chi connectivity index (χ1) is 16.9. The van der Waals surface area contributed by atoms with Crippen molar-refractivity contribution in [2.24, 2.45) is 0 Å². The number of nitriles is 1. The van der Waals surface area contributed by atoms with Gasteiger partial charge in [0.1, 0.15) is 17.4 Å². The molecule has 0 radical (unpaired) electrons. The minimum absolute atomic E-state index is 0.00233. The zero-order valence-electron chi connectivity index (χ0n) is 19.4. The molecule has 0 unspecified atom stereocenters. The standard InChI is InChI=1S/C25H24F3N3O4S/c1-36(33,34)31-18-5-3-16(4-6-18)20-14-24(30-23(32)21(20)15-29)11-9-17-13-19(7-8-22(17)24)35-12-2-10-25(26,27)28/h3-8,13,31H,2,9-12,14H2,1H3,(H,30,32)/t24-/m0/s1. The van der Waals surface area contributed by atoms with Crippen LogP contribution in [0.15, 0.2) is 48.0 Å². The highest BCUT2D eigenvalue weighted by molar-refractivity contribution is 7.92. The summed E-state index contributed by atoms with van der Waals surface area (Å²) in [5.41, 5.74) is 2.64. The maximum absolute atomic E-state index is 13.0. The molecule has 7 nitrogen and oxygen atoms in total. The molecule has 2 N–H and O–H groups in total. The molecule has 1 heterocycles. The van der Waals surface area contributed by atoms with Crippen LogP contribution >= 0.6 is 0 Å². The summed E-state index contributed by atoms with van der Waals surface area (Å²) in [4.78, 5) is 13.0. The highest BCUT2D eigenvalue weighted by Gasteiger charge is 2.45. The fourth-order valence-corrected chi connectivity index (χ4v) is 5.33. The molecule has 0 fully saturated rings. The second kappa shape index (κ2) is 9.50. The number of carbonyl (C=O) groups excluding carboxylic acids is 1. The topological polar surface area (TPSA) is 108 Å². The van der Waals surface area contributed by atoms with Crippen LogP contribution in [0.1, 0.15) is 42.4 Å². The molecule has 0 saturated carbocycles. The van der Waals surface area contributed by atoms with Crippen molar-refractivity contribution in [3.8, 4) is 11.8 Å². The van der Waals surface area contributed by atoms with Crippen LogP contribution in [0.5, 0.6) is 5.75 Å². The van der Waals surface area contributed by atoms with E-state index in [2.05, 4.69) is 10.0 Å². The van der Waals surface area contributed by atoms with Crippen molar-refractivity contribution in [1.29, 1.82) is 5.26 Å². The molecule has 11 heteroatoms. The maximum Gasteiger partial charge on any atom is 0.389 e. The van der Waals surface area contributed by atoms with Crippen LogP contribution in [0.3, 0.4) is 0 Å². The summed E-state index contributed by atoms with van der Waals surface area (Å²) in [6, 6.07) is 13.8.